The molecule has 0 aliphatic heterocycles. The quantitative estimate of drug-likeness (QED) is 0.737. The Kier molecular flexibility index (Phi) is 5.79. The fourth-order valence-electron chi connectivity index (χ4n) is 1.98. The Bertz CT molecular complexity index is 546. The topological polar surface area (TPSA) is 98.7 Å². The molecule has 1 rings (SSSR count). The van der Waals surface area contributed by atoms with Gasteiger partial charge in [0, 0.05) is 25.4 Å². The molecule has 1 aromatic rings. The van der Waals surface area contributed by atoms with E-state index in [9.17, 15) is 8.42 Å². The zero-order valence-corrected chi connectivity index (χ0v) is 13.0. The summed E-state index contributed by atoms with van der Waals surface area (Å²) < 4.78 is 28.6. The van der Waals surface area contributed by atoms with Crippen molar-refractivity contribution in [3.8, 4) is 0 Å². The summed E-state index contributed by atoms with van der Waals surface area (Å²) in [5, 5.41) is 5.29. The van der Waals surface area contributed by atoms with Crippen LogP contribution in [0.15, 0.2) is 23.1 Å². The smallest absolute Gasteiger partial charge is 0.240 e. The highest BCUT2D eigenvalue weighted by Gasteiger charge is 2.21. The number of benzene rings is 1. The molecule has 7 heteroatoms. The Balaban J connectivity index is 3.32. The Hall–Kier alpha value is -1.31. The highest BCUT2D eigenvalue weighted by atomic mass is 32.2. The zero-order chi connectivity index (χ0) is 15.3. The first-order chi connectivity index (χ1) is 9.31. The van der Waals surface area contributed by atoms with Crippen LogP contribution in [0.4, 0.5) is 11.4 Å². The fourth-order valence-corrected chi connectivity index (χ4v) is 2.76. The lowest BCUT2D eigenvalue weighted by Gasteiger charge is -2.32. The van der Waals surface area contributed by atoms with Gasteiger partial charge in [0.25, 0.3) is 0 Å². The van der Waals surface area contributed by atoms with Crippen LogP contribution < -0.4 is 15.8 Å². The van der Waals surface area contributed by atoms with Crippen molar-refractivity contribution in [2.24, 2.45) is 5.14 Å². The number of nitrogens with zero attached hydrogens (tertiary/aromatic N) is 1. The van der Waals surface area contributed by atoms with Crippen LogP contribution in [-0.4, -0.2) is 34.7 Å². The van der Waals surface area contributed by atoms with Crippen molar-refractivity contribution < 1.29 is 13.2 Å². The Morgan fingerprint density at radius 1 is 1.40 bits per heavy atom. The average molecular weight is 301 g/mol. The van der Waals surface area contributed by atoms with Crippen LogP contribution in [0.3, 0.4) is 0 Å². The second-order valence-corrected chi connectivity index (χ2v) is 6.25. The summed E-state index contributed by atoms with van der Waals surface area (Å²) in [5.74, 6) is 0. The molecule has 4 N–H and O–H groups in total. The van der Waals surface area contributed by atoms with Crippen molar-refractivity contribution in [2.75, 3.05) is 30.9 Å². The third-order valence-electron chi connectivity index (χ3n) is 3.26. The number of primary sulfonamides is 1. The van der Waals surface area contributed by atoms with Gasteiger partial charge in [-0.2, -0.15) is 0 Å². The van der Waals surface area contributed by atoms with Gasteiger partial charge in [0.2, 0.25) is 10.0 Å². The fraction of sp³-hybridized carbons (Fsp3) is 0.538. The summed E-state index contributed by atoms with van der Waals surface area (Å²) in [6.45, 7) is 5.15. The first-order valence-electron chi connectivity index (χ1n) is 6.49. The minimum absolute atomic E-state index is 0.0499. The van der Waals surface area contributed by atoms with E-state index in [4.69, 9.17) is 15.6 Å². The zero-order valence-electron chi connectivity index (χ0n) is 12.2. The van der Waals surface area contributed by atoms with E-state index in [0.29, 0.717) is 24.5 Å². The highest BCUT2D eigenvalue weighted by molar-refractivity contribution is 7.89. The molecule has 0 spiro atoms. The summed E-state index contributed by atoms with van der Waals surface area (Å²) in [5.41, 5.74) is 6.60. The lowest BCUT2D eigenvalue weighted by Crippen LogP contribution is -2.36. The summed E-state index contributed by atoms with van der Waals surface area (Å²) in [7, 11) is -2.22. The molecule has 0 heterocycles. The standard InChI is InChI=1S/C13H23N3O3S/c1-4-10(2)16(7-8-19-3)12-6-5-11(14)9-13(12)20(15,17)18/h5-6,9-10H,4,7-8,14H2,1-3H3,(H2,15,17,18). The molecular formula is C13H23N3O3S. The highest BCUT2D eigenvalue weighted by Crippen LogP contribution is 2.28. The van der Waals surface area contributed by atoms with Gasteiger partial charge in [-0.15, -0.1) is 0 Å². The molecular weight excluding hydrogens is 278 g/mol. The van der Waals surface area contributed by atoms with E-state index in [-0.39, 0.29) is 10.9 Å². The van der Waals surface area contributed by atoms with Crippen LogP contribution in [0.1, 0.15) is 20.3 Å². The van der Waals surface area contributed by atoms with Crippen molar-refractivity contribution >= 4 is 21.4 Å². The Morgan fingerprint density at radius 3 is 2.55 bits per heavy atom. The van der Waals surface area contributed by atoms with Gasteiger partial charge in [-0.05, 0) is 31.5 Å². The van der Waals surface area contributed by atoms with Crippen molar-refractivity contribution in [3.63, 3.8) is 0 Å². The maximum absolute atomic E-state index is 11.8. The molecule has 0 aliphatic rings. The third-order valence-corrected chi connectivity index (χ3v) is 4.20. The number of anilines is 2. The molecule has 6 nitrogen and oxygen atoms in total. The first kappa shape index (κ1) is 16.7. The molecule has 0 aliphatic carbocycles. The number of nitrogen functional groups attached to an aromatic ring is 1. The van der Waals surface area contributed by atoms with Crippen molar-refractivity contribution in [1.29, 1.82) is 0 Å². The molecule has 1 atom stereocenters. The Morgan fingerprint density at radius 2 is 2.05 bits per heavy atom. The van der Waals surface area contributed by atoms with Gasteiger partial charge >= 0.3 is 0 Å². The van der Waals surface area contributed by atoms with Crippen LogP contribution in [0.5, 0.6) is 0 Å². The van der Waals surface area contributed by atoms with Gasteiger partial charge in [0.15, 0.2) is 0 Å². The Labute approximate surface area is 120 Å². The second kappa shape index (κ2) is 6.92. The number of nitrogens with two attached hydrogens (primary N) is 2. The van der Waals surface area contributed by atoms with Crippen LogP contribution in [0.2, 0.25) is 0 Å². The summed E-state index contributed by atoms with van der Waals surface area (Å²) in [6, 6.07) is 4.92. The largest absolute Gasteiger partial charge is 0.399 e. The van der Waals surface area contributed by atoms with E-state index < -0.39 is 10.0 Å². The van der Waals surface area contributed by atoms with Gasteiger partial charge in [-0.1, -0.05) is 6.92 Å². The maximum Gasteiger partial charge on any atom is 0.240 e. The molecule has 0 bridgehead atoms. The summed E-state index contributed by atoms with van der Waals surface area (Å²) in [4.78, 5) is 2.02. The van der Waals surface area contributed by atoms with Crippen LogP contribution in [-0.2, 0) is 14.8 Å². The van der Waals surface area contributed by atoms with E-state index in [0.717, 1.165) is 6.42 Å². The van der Waals surface area contributed by atoms with E-state index >= 15 is 0 Å². The molecule has 0 radical (unpaired) electrons. The van der Waals surface area contributed by atoms with E-state index in [1.807, 2.05) is 18.7 Å². The van der Waals surface area contributed by atoms with Crippen LogP contribution in [0.25, 0.3) is 0 Å². The van der Waals surface area contributed by atoms with Crippen LogP contribution in [0, 0.1) is 0 Å². The molecule has 0 fully saturated rings. The van der Waals surface area contributed by atoms with Gasteiger partial charge in [-0.25, -0.2) is 13.6 Å². The third kappa shape index (κ3) is 4.09. The van der Waals surface area contributed by atoms with E-state index in [1.54, 1.807) is 19.2 Å². The molecule has 1 unspecified atom stereocenters. The first-order valence-corrected chi connectivity index (χ1v) is 8.03. The molecule has 0 saturated carbocycles. The second-order valence-electron chi connectivity index (χ2n) is 4.72. The molecule has 114 valence electrons. The molecule has 0 amide bonds. The molecule has 20 heavy (non-hydrogen) atoms. The predicted octanol–water partition coefficient (Wildman–Crippen LogP) is 1.17. The van der Waals surface area contributed by atoms with Gasteiger partial charge in [0.05, 0.1) is 12.3 Å². The number of hydrogen-bond acceptors (Lipinski definition) is 5. The SMILES string of the molecule is CCC(C)N(CCOC)c1ccc(N)cc1S(N)(=O)=O. The molecule has 1 aromatic carbocycles. The van der Waals surface area contributed by atoms with E-state index in [2.05, 4.69) is 0 Å². The monoisotopic (exact) mass is 301 g/mol. The van der Waals surface area contributed by atoms with Crippen molar-refractivity contribution in [2.45, 2.75) is 31.2 Å². The molecule has 0 saturated heterocycles. The van der Waals surface area contributed by atoms with Crippen molar-refractivity contribution in [1.82, 2.24) is 0 Å². The lowest BCUT2D eigenvalue weighted by molar-refractivity contribution is 0.203. The molecule has 0 aromatic heterocycles. The number of ether oxygens (including phenoxy) is 1. The van der Waals surface area contributed by atoms with Crippen LogP contribution >= 0.6 is 0 Å². The number of methoxy groups -OCH3 is 1. The minimum Gasteiger partial charge on any atom is -0.399 e. The minimum atomic E-state index is -3.83. The predicted molar refractivity (Wildman–Crippen MR) is 81.2 cm³/mol. The lowest BCUT2D eigenvalue weighted by atomic mass is 10.1. The number of rotatable bonds is 7. The summed E-state index contributed by atoms with van der Waals surface area (Å²) >= 11 is 0. The summed E-state index contributed by atoms with van der Waals surface area (Å²) in [6.07, 6.45) is 0.873. The maximum atomic E-state index is 11.8. The average Bonchev–Trinajstić information content (AvgIpc) is 2.38. The van der Waals surface area contributed by atoms with Crippen molar-refractivity contribution in [3.05, 3.63) is 18.2 Å². The van der Waals surface area contributed by atoms with Gasteiger partial charge < -0.3 is 15.4 Å². The number of sulfonamides is 1. The van der Waals surface area contributed by atoms with E-state index in [1.165, 1.54) is 6.07 Å². The van der Waals surface area contributed by atoms with Gasteiger partial charge in [0.1, 0.15) is 4.90 Å². The normalized spacial score (nSPS) is 13.2. The van der Waals surface area contributed by atoms with Gasteiger partial charge in [-0.3, -0.25) is 0 Å². The number of hydrogen-bond donors (Lipinski definition) is 2.